The third-order valence-corrected chi connectivity index (χ3v) is 4.03. The van der Waals surface area contributed by atoms with E-state index in [4.69, 9.17) is 16.3 Å². The fraction of sp³-hybridized carbons (Fsp3) is 0.105. The third kappa shape index (κ3) is 4.29. The van der Waals surface area contributed by atoms with Gasteiger partial charge in [-0.1, -0.05) is 54.1 Å². The zero-order valence-electron chi connectivity index (χ0n) is 14.1. The third-order valence-electron chi connectivity index (χ3n) is 3.65. The molecule has 6 nitrogen and oxygen atoms in total. The van der Waals surface area contributed by atoms with E-state index in [1.54, 1.807) is 0 Å². The van der Waals surface area contributed by atoms with E-state index < -0.39 is 5.56 Å². The van der Waals surface area contributed by atoms with Crippen LogP contribution in [-0.2, 0) is 6.61 Å². The molecular weight excluding hydrogens is 352 g/mol. The number of nitrogens with one attached hydrogen (secondary N) is 2. The van der Waals surface area contributed by atoms with E-state index in [0.717, 1.165) is 16.9 Å². The van der Waals surface area contributed by atoms with Crippen molar-refractivity contribution in [2.24, 2.45) is 5.10 Å². The van der Waals surface area contributed by atoms with Gasteiger partial charge in [-0.05, 0) is 24.6 Å². The van der Waals surface area contributed by atoms with Gasteiger partial charge in [0.05, 0.1) is 11.9 Å². The molecule has 132 valence electrons. The number of aromatic nitrogens is 2. The fourth-order valence-corrected chi connectivity index (χ4v) is 2.43. The van der Waals surface area contributed by atoms with Gasteiger partial charge in [0, 0.05) is 5.56 Å². The molecule has 26 heavy (non-hydrogen) atoms. The number of aromatic amines is 1. The Kier molecular flexibility index (Phi) is 5.66. The van der Waals surface area contributed by atoms with Crippen LogP contribution in [0.2, 0.25) is 5.02 Å². The van der Waals surface area contributed by atoms with Crippen LogP contribution in [0.25, 0.3) is 0 Å². The van der Waals surface area contributed by atoms with Crippen molar-refractivity contribution in [3.8, 4) is 5.75 Å². The first kappa shape index (κ1) is 17.7. The van der Waals surface area contributed by atoms with Gasteiger partial charge in [-0.15, -0.1) is 0 Å². The van der Waals surface area contributed by atoms with E-state index in [1.807, 2.05) is 61.5 Å². The second-order valence-electron chi connectivity index (χ2n) is 5.51. The summed E-state index contributed by atoms with van der Waals surface area (Å²) < 4.78 is 5.94. The fourth-order valence-electron chi connectivity index (χ4n) is 2.29. The van der Waals surface area contributed by atoms with E-state index >= 15 is 0 Å². The summed E-state index contributed by atoms with van der Waals surface area (Å²) in [5.74, 6) is 0.717. The average molecular weight is 369 g/mol. The molecule has 0 atom stereocenters. The van der Waals surface area contributed by atoms with Gasteiger partial charge in [0.2, 0.25) is 0 Å². The number of para-hydroxylation sites is 1. The topological polar surface area (TPSA) is 79.4 Å². The van der Waals surface area contributed by atoms with E-state index in [1.165, 1.54) is 6.20 Å². The van der Waals surface area contributed by atoms with Crippen molar-refractivity contribution in [2.75, 3.05) is 5.43 Å². The summed E-state index contributed by atoms with van der Waals surface area (Å²) >= 11 is 5.93. The minimum atomic E-state index is -0.476. The molecule has 2 aromatic carbocycles. The van der Waals surface area contributed by atoms with Crippen LogP contribution >= 0.6 is 11.6 Å². The maximum atomic E-state index is 11.5. The number of nitrogens with zero attached hydrogens (tertiary/aromatic N) is 2. The highest BCUT2D eigenvalue weighted by atomic mass is 35.5. The quantitative estimate of drug-likeness (QED) is 0.511. The number of hydrogen-bond acceptors (Lipinski definition) is 5. The molecule has 7 heteroatoms. The zero-order chi connectivity index (χ0) is 18.4. The van der Waals surface area contributed by atoms with Crippen LogP contribution < -0.4 is 15.7 Å². The Hall–Kier alpha value is -3.12. The van der Waals surface area contributed by atoms with Gasteiger partial charge in [-0.25, -0.2) is 5.10 Å². The molecule has 0 saturated carbocycles. The molecule has 0 unspecified atom stereocenters. The molecule has 0 aliphatic carbocycles. The van der Waals surface area contributed by atoms with Gasteiger partial charge in [0.25, 0.3) is 5.56 Å². The summed E-state index contributed by atoms with van der Waals surface area (Å²) in [6.07, 6.45) is 1.40. The molecule has 0 aliphatic heterocycles. The Morgan fingerprint density at radius 3 is 2.73 bits per heavy atom. The summed E-state index contributed by atoms with van der Waals surface area (Å²) in [4.78, 5) is 11.5. The van der Waals surface area contributed by atoms with E-state index in [9.17, 15) is 4.79 Å². The van der Waals surface area contributed by atoms with Crippen molar-refractivity contribution < 1.29 is 4.74 Å². The number of benzene rings is 2. The van der Waals surface area contributed by atoms with Crippen LogP contribution in [0.1, 0.15) is 18.1 Å². The maximum Gasteiger partial charge on any atom is 0.285 e. The first-order chi connectivity index (χ1) is 12.6. The van der Waals surface area contributed by atoms with E-state index in [-0.39, 0.29) is 5.02 Å². The van der Waals surface area contributed by atoms with Crippen molar-refractivity contribution in [3.63, 3.8) is 0 Å². The molecule has 3 rings (SSSR count). The van der Waals surface area contributed by atoms with Crippen molar-refractivity contribution in [3.05, 3.63) is 87.3 Å². The lowest BCUT2D eigenvalue weighted by Crippen LogP contribution is -2.11. The zero-order valence-corrected chi connectivity index (χ0v) is 14.8. The molecule has 2 N–H and O–H groups in total. The van der Waals surface area contributed by atoms with Crippen molar-refractivity contribution in [1.82, 2.24) is 10.2 Å². The van der Waals surface area contributed by atoms with E-state index in [0.29, 0.717) is 18.0 Å². The number of halogens is 1. The molecular formula is C19H17ClN4O2. The maximum absolute atomic E-state index is 11.5. The van der Waals surface area contributed by atoms with Crippen LogP contribution in [0.5, 0.6) is 5.75 Å². The molecule has 1 aromatic heterocycles. The van der Waals surface area contributed by atoms with Crippen LogP contribution in [0.4, 0.5) is 5.69 Å². The van der Waals surface area contributed by atoms with Gasteiger partial charge in [0.1, 0.15) is 23.1 Å². The molecule has 0 amide bonds. The van der Waals surface area contributed by atoms with Crippen molar-refractivity contribution in [2.45, 2.75) is 13.5 Å². The number of H-pyrrole nitrogens is 1. The number of hydrazone groups is 1. The molecule has 0 radical (unpaired) electrons. The van der Waals surface area contributed by atoms with Crippen LogP contribution in [0.3, 0.4) is 0 Å². The molecule has 0 bridgehead atoms. The van der Waals surface area contributed by atoms with Gasteiger partial charge in [-0.2, -0.15) is 10.2 Å². The molecule has 0 aliphatic rings. The van der Waals surface area contributed by atoms with Gasteiger partial charge < -0.3 is 4.74 Å². The minimum Gasteiger partial charge on any atom is -0.488 e. The highest BCUT2D eigenvalue weighted by Crippen LogP contribution is 2.21. The number of hydrogen-bond donors (Lipinski definition) is 2. The van der Waals surface area contributed by atoms with Gasteiger partial charge >= 0.3 is 0 Å². The lowest BCUT2D eigenvalue weighted by Gasteiger charge is -2.12. The normalized spacial score (nSPS) is 11.2. The highest BCUT2D eigenvalue weighted by molar-refractivity contribution is 6.32. The molecule has 1 heterocycles. The second-order valence-corrected chi connectivity index (χ2v) is 5.88. The monoisotopic (exact) mass is 368 g/mol. The predicted molar refractivity (Wildman–Crippen MR) is 103 cm³/mol. The molecule has 0 saturated heterocycles. The van der Waals surface area contributed by atoms with Crippen LogP contribution in [0.15, 0.2) is 70.7 Å². The summed E-state index contributed by atoms with van der Waals surface area (Å²) in [5.41, 5.74) is 5.23. The number of ether oxygens (including phenoxy) is 1. The standard InChI is InChI=1S/C19H17ClN4O2/c1-13(22-23-16-11-21-24-19(25)18(16)20)15-9-5-6-10-17(15)26-12-14-7-3-2-4-8-14/h2-11H,12H2,1H3,(H2,23,24,25)/b22-13-. The van der Waals surface area contributed by atoms with Gasteiger partial charge in [-0.3, -0.25) is 10.2 Å². The lowest BCUT2D eigenvalue weighted by molar-refractivity contribution is 0.305. The largest absolute Gasteiger partial charge is 0.488 e. The van der Waals surface area contributed by atoms with E-state index in [2.05, 4.69) is 20.7 Å². The molecule has 3 aromatic rings. The lowest BCUT2D eigenvalue weighted by atomic mass is 10.1. The smallest absolute Gasteiger partial charge is 0.285 e. The highest BCUT2D eigenvalue weighted by Gasteiger charge is 2.08. The predicted octanol–water partition coefficient (Wildman–Crippen LogP) is 3.84. The average Bonchev–Trinajstić information content (AvgIpc) is 2.68. The number of rotatable bonds is 6. The Labute approximate surface area is 155 Å². The van der Waals surface area contributed by atoms with Crippen molar-refractivity contribution >= 4 is 23.0 Å². The minimum absolute atomic E-state index is 0.00478. The Balaban J connectivity index is 1.77. The summed E-state index contributed by atoms with van der Waals surface area (Å²) in [6, 6.07) is 17.5. The first-order valence-electron chi connectivity index (χ1n) is 7.95. The Morgan fingerprint density at radius 2 is 1.92 bits per heavy atom. The molecule has 0 spiro atoms. The SMILES string of the molecule is C/C(=N/Nc1cn[nH]c(=O)c1Cl)c1ccccc1OCc1ccccc1. The van der Waals surface area contributed by atoms with Crippen LogP contribution in [-0.4, -0.2) is 15.9 Å². The Morgan fingerprint density at radius 1 is 1.19 bits per heavy atom. The van der Waals surface area contributed by atoms with Crippen molar-refractivity contribution in [1.29, 1.82) is 0 Å². The summed E-state index contributed by atoms with van der Waals surface area (Å²) in [5, 5.41) is 10.2. The first-order valence-corrected chi connectivity index (χ1v) is 8.32. The van der Waals surface area contributed by atoms with Crippen LogP contribution in [0, 0.1) is 0 Å². The molecule has 0 fully saturated rings. The summed E-state index contributed by atoms with van der Waals surface area (Å²) in [7, 11) is 0. The number of anilines is 1. The summed E-state index contributed by atoms with van der Waals surface area (Å²) in [6.45, 7) is 2.30. The Bertz CT molecular complexity index is 971. The van der Waals surface area contributed by atoms with Gasteiger partial charge in [0.15, 0.2) is 0 Å². The second kappa shape index (κ2) is 8.31.